The summed E-state index contributed by atoms with van der Waals surface area (Å²) in [5, 5.41) is 8.94. The quantitative estimate of drug-likeness (QED) is 0.663. The summed E-state index contributed by atoms with van der Waals surface area (Å²) >= 11 is 1.86. The van der Waals surface area contributed by atoms with Crippen LogP contribution in [0, 0.1) is 6.92 Å². The highest BCUT2D eigenvalue weighted by Crippen LogP contribution is 2.41. The minimum absolute atomic E-state index is 0.0376. The van der Waals surface area contributed by atoms with Crippen molar-refractivity contribution in [2.75, 3.05) is 20.2 Å². The normalized spacial score (nSPS) is 21.0. The standard InChI is InChI=1S/C22H24N4O2S/c1-15-3-8-18(29-15)13-25-11-9-22(14-25)10-12-26-20(27)19(23-24-21(22)26)16-4-6-17(28-2)7-5-16/h3-8H,9-14H2,1-2H3. The van der Waals surface area contributed by atoms with E-state index in [0.717, 1.165) is 56.2 Å². The summed E-state index contributed by atoms with van der Waals surface area (Å²) in [6, 6.07) is 11.8. The Balaban J connectivity index is 1.41. The van der Waals surface area contributed by atoms with Crippen molar-refractivity contribution in [3.8, 4) is 17.0 Å². The third-order valence-electron chi connectivity index (χ3n) is 6.21. The number of likely N-dealkylation sites (tertiary alicyclic amines) is 1. The van der Waals surface area contributed by atoms with Crippen LogP contribution in [0.15, 0.2) is 41.2 Å². The first-order valence-corrected chi connectivity index (χ1v) is 10.8. The molecule has 3 aromatic rings. The molecule has 29 heavy (non-hydrogen) atoms. The molecule has 150 valence electrons. The maximum atomic E-state index is 13.1. The summed E-state index contributed by atoms with van der Waals surface area (Å²) in [4.78, 5) is 18.4. The van der Waals surface area contributed by atoms with Gasteiger partial charge in [-0.2, -0.15) is 0 Å². The molecule has 0 saturated carbocycles. The second-order valence-electron chi connectivity index (χ2n) is 8.06. The van der Waals surface area contributed by atoms with Gasteiger partial charge in [0.15, 0.2) is 5.69 Å². The smallest absolute Gasteiger partial charge is 0.280 e. The Morgan fingerprint density at radius 1 is 1.10 bits per heavy atom. The van der Waals surface area contributed by atoms with Crippen LogP contribution < -0.4 is 10.3 Å². The van der Waals surface area contributed by atoms with Crippen LogP contribution in [0.2, 0.25) is 0 Å². The highest BCUT2D eigenvalue weighted by atomic mass is 32.1. The number of methoxy groups -OCH3 is 1. The van der Waals surface area contributed by atoms with E-state index >= 15 is 0 Å². The van der Waals surface area contributed by atoms with Gasteiger partial charge in [-0.3, -0.25) is 14.3 Å². The van der Waals surface area contributed by atoms with Crippen LogP contribution >= 0.6 is 11.3 Å². The van der Waals surface area contributed by atoms with E-state index in [0.29, 0.717) is 5.69 Å². The summed E-state index contributed by atoms with van der Waals surface area (Å²) in [5.74, 6) is 1.62. The summed E-state index contributed by atoms with van der Waals surface area (Å²) in [7, 11) is 1.63. The van der Waals surface area contributed by atoms with Crippen LogP contribution in [-0.2, 0) is 18.5 Å². The van der Waals surface area contributed by atoms with Gasteiger partial charge in [0.25, 0.3) is 5.56 Å². The molecule has 1 fully saturated rings. The summed E-state index contributed by atoms with van der Waals surface area (Å²) in [5.41, 5.74) is 1.11. The van der Waals surface area contributed by atoms with E-state index in [9.17, 15) is 4.79 Å². The highest BCUT2D eigenvalue weighted by Gasteiger charge is 2.46. The predicted molar refractivity (Wildman–Crippen MR) is 114 cm³/mol. The second-order valence-corrected chi connectivity index (χ2v) is 9.43. The van der Waals surface area contributed by atoms with Gasteiger partial charge in [-0.25, -0.2) is 0 Å². The molecule has 5 rings (SSSR count). The molecule has 2 aliphatic heterocycles. The largest absolute Gasteiger partial charge is 0.497 e. The molecule has 2 aromatic heterocycles. The Hall–Kier alpha value is -2.51. The average molecular weight is 409 g/mol. The number of fused-ring (bicyclic) bond motifs is 2. The molecule has 0 amide bonds. The number of hydrogen-bond acceptors (Lipinski definition) is 6. The van der Waals surface area contributed by atoms with E-state index in [1.54, 1.807) is 7.11 Å². The molecule has 0 N–H and O–H groups in total. The van der Waals surface area contributed by atoms with Crippen molar-refractivity contribution in [2.45, 2.75) is 38.3 Å². The monoisotopic (exact) mass is 408 g/mol. The van der Waals surface area contributed by atoms with Gasteiger partial charge in [0, 0.05) is 40.4 Å². The lowest BCUT2D eigenvalue weighted by Gasteiger charge is -2.22. The Morgan fingerprint density at radius 2 is 1.90 bits per heavy atom. The lowest BCUT2D eigenvalue weighted by Crippen LogP contribution is -2.33. The van der Waals surface area contributed by atoms with Gasteiger partial charge in [0.1, 0.15) is 11.6 Å². The topological polar surface area (TPSA) is 60.3 Å². The first-order valence-electron chi connectivity index (χ1n) is 9.98. The Labute approximate surface area is 173 Å². The van der Waals surface area contributed by atoms with Crippen LogP contribution in [0.3, 0.4) is 0 Å². The van der Waals surface area contributed by atoms with Crippen molar-refractivity contribution in [3.05, 3.63) is 62.3 Å². The van der Waals surface area contributed by atoms with Crippen molar-refractivity contribution >= 4 is 11.3 Å². The highest BCUT2D eigenvalue weighted by molar-refractivity contribution is 7.11. The molecule has 6 nitrogen and oxygen atoms in total. The SMILES string of the molecule is COc1ccc(-c2nnc3n(c2=O)CCC32CCN(Cc3ccc(C)s3)C2)cc1. The Bertz CT molecular complexity index is 1100. The zero-order valence-corrected chi connectivity index (χ0v) is 17.5. The fourth-order valence-electron chi connectivity index (χ4n) is 4.66. The second kappa shape index (κ2) is 7.07. The predicted octanol–water partition coefficient (Wildman–Crippen LogP) is 3.23. The number of ether oxygens (including phenoxy) is 1. The molecule has 1 aromatic carbocycles. The van der Waals surface area contributed by atoms with Crippen molar-refractivity contribution in [2.24, 2.45) is 0 Å². The molecule has 2 aliphatic rings. The maximum absolute atomic E-state index is 13.1. The number of nitrogens with zero attached hydrogens (tertiary/aromatic N) is 4. The van der Waals surface area contributed by atoms with Crippen LogP contribution in [0.5, 0.6) is 5.75 Å². The van der Waals surface area contributed by atoms with Gasteiger partial charge in [-0.15, -0.1) is 21.5 Å². The summed E-state index contributed by atoms with van der Waals surface area (Å²) in [6.07, 6.45) is 2.00. The minimum atomic E-state index is -0.0447. The van der Waals surface area contributed by atoms with E-state index in [4.69, 9.17) is 4.74 Å². The number of rotatable bonds is 4. The first kappa shape index (κ1) is 18.5. The molecule has 7 heteroatoms. The van der Waals surface area contributed by atoms with E-state index in [-0.39, 0.29) is 11.0 Å². The molecular formula is C22H24N4O2S. The van der Waals surface area contributed by atoms with E-state index in [1.807, 2.05) is 40.2 Å². The lowest BCUT2D eigenvalue weighted by molar-refractivity contribution is 0.301. The zero-order valence-electron chi connectivity index (χ0n) is 16.7. The number of aromatic nitrogens is 3. The van der Waals surface area contributed by atoms with Crippen molar-refractivity contribution in [3.63, 3.8) is 0 Å². The number of thiophene rings is 1. The molecule has 1 atom stereocenters. The van der Waals surface area contributed by atoms with Crippen LogP contribution in [-0.4, -0.2) is 39.9 Å². The molecule has 0 aliphatic carbocycles. The fraction of sp³-hybridized carbons (Fsp3) is 0.409. The molecule has 1 spiro atoms. The van der Waals surface area contributed by atoms with Gasteiger partial charge in [0.05, 0.1) is 7.11 Å². The van der Waals surface area contributed by atoms with Crippen LogP contribution in [0.1, 0.15) is 28.4 Å². The van der Waals surface area contributed by atoms with Crippen LogP contribution in [0.4, 0.5) is 0 Å². The molecule has 4 heterocycles. The number of hydrogen-bond donors (Lipinski definition) is 0. The van der Waals surface area contributed by atoms with Crippen molar-refractivity contribution < 1.29 is 4.74 Å². The first-order chi connectivity index (χ1) is 14.1. The Morgan fingerprint density at radius 3 is 2.62 bits per heavy atom. The fourth-order valence-corrected chi connectivity index (χ4v) is 5.59. The van der Waals surface area contributed by atoms with Crippen LogP contribution in [0.25, 0.3) is 11.3 Å². The average Bonchev–Trinajstić information content (AvgIpc) is 3.43. The zero-order chi connectivity index (χ0) is 20.0. The van der Waals surface area contributed by atoms with Gasteiger partial charge in [-0.05, 0) is 62.7 Å². The summed E-state index contributed by atoms with van der Waals surface area (Å²) in [6.45, 7) is 5.82. The van der Waals surface area contributed by atoms with Gasteiger partial charge < -0.3 is 4.74 Å². The third kappa shape index (κ3) is 3.18. The van der Waals surface area contributed by atoms with Gasteiger partial charge in [-0.1, -0.05) is 0 Å². The maximum Gasteiger partial charge on any atom is 0.280 e. The van der Waals surface area contributed by atoms with E-state index in [2.05, 4.69) is 34.2 Å². The van der Waals surface area contributed by atoms with E-state index in [1.165, 1.54) is 9.75 Å². The van der Waals surface area contributed by atoms with Gasteiger partial charge in [0.2, 0.25) is 0 Å². The molecule has 0 bridgehead atoms. The lowest BCUT2D eigenvalue weighted by atomic mass is 9.85. The van der Waals surface area contributed by atoms with Gasteiger partial charge >= 0.3 is 0 Å². The summed E-state index contributed by atoms with van der Waals surface area (Å²) < 4.78 is 7.06. The molecule has 1 saturated heterocycles. The minimum Gasteiger partial charge on any atom is -0.497 e. The third-order valence-corrected chi connectivity index (χ3v) is 7.19. The van der Waals surface area contributed by atoms with E-state index < -0.39 is 0 Å². The van der Waals surface area contributed by atoms with Crippen molar-refractivity contribution in [1.29, 1.82) is 0 Å². The number of aryl methyl sites for hydroxylation is 1. The molecule has 0 radical (unpaired) electrons. The van der Waals surface area contributed by atoms with Crippen molar-refractivity contribution in [1.82, 2.24) is 19.7 Å². The Kier molecular flexibility index (Phi) is 4.52. The molecular weight excluding hydrogens is 384 g/mol. The number of benzene rings is 1. The molecule has 1 unspecified atom stereocenters.